The van der Waals surface area contributed by atoms with Crippen molar-refractivity contribution in [1.29, 1.82) is 0 Å². The van der Waals surface area contributed by atoms with Gasteiger partial charge in [-0.25, -0.2) is 4.98 Å². The van der Waals surface area contributed by atoms with Gasteiger partial charge in [-0.3, -0.25) is 4.79 Å². The minimum atomic E-state index is -0.226. The standard InChI is InChI=1S/C22H24Cl2N2O2/c1-21(9-10-21)20(27)26-12-18(15-3-5-16(23)6-4-15)22(2,13-26)14-28-19-8-7-17(24)11-25-19/h3-8,11,18H,9-10,12-14H2,1-2H3. The molecule has 1 aliphatic carbocycles. The van der Waals surface area contributed by atoms with E-state index in [0.717, 1.165) is 12.8 Å². The first-order valence-corrected chi connectivity index (χ1v) is 10.3. The molecule has 4 rings (SSSR count). The summed E-state index contributed by atoms with van der Waals surface area (Å²) in [5.74, 6) is 0.975. The quantitative estimate of drug-likeness (QED) is 0.669. The van der Waals surface area contributed by atoms with Gasteiger partial charge in [0, 0.05) is 47.1 Å². The molecule has 0 bridgehead atoms. The molecule has 2 atom stereocenters. The third-order valence-electron chi connectivity index (χ3n) is 6.12. The highest BCUT2D eigenvalue weighted by atomic mass is 35.5. The Hall–Kier alpha value is -1.78. The van der Waals surface area contributed by atoms with E-state index in [1.165, 1.54) is 5.56 Å². The molecular formula is C22H24Cl2N2O2. The monoisotopic (exact) mass is 418 g/mol. The SMILES string of the molecule is CC1(C(=O)N2CC(c3ccc(Cl)cc3)C(C)(COc3ccc(Cl)cn3)C2)CC1. The van der Waals surface area contributed by atoms with Gasteiger partial charge in [0.2, 0.25) is 11.8 Å². The number of aromatic nitrogens is 1. The predicted molar refractivity (Wildman–Crippen MR) is 111 cm³/mol. The summed E-state index contributed by atoms with van der Waals surface area (Å²) < 4.78 is 6.02. The maximum absolute atomic E-state index is 13.0. The van der Waals surface area contributed by atoms with Gasteiger partial charge in [-0.15, -0.1) is 0 Å². The maximum Gasteiger partial charge on any atom is 0.228 e. The number of rotatable bonds is 5. The zero-order valence-corrected chi connectivity index (χ0v) is 17.6. The van der Waals surface area contributed by atoms with Crippen molar-refractivity contribution in [3.8, 4) is 5.88 Å². The third kappa shape index (κ3) is 3.85. The number of amides is 1. The van der Waals surface area contributed by atoms with Crippen LogP contribution in [0.2, 0.25) is 10.0 Å². The minimum absolute atomic E-state index is 0.170. The number of carbonyl (C=O) groups excluding carboxylic acids is 1. The average molecular weight is 419 g/mol. The normalized spacial score (nSPS) is 25.6. The number of likely N-dealkylation sites (tertiary alicyclic amines) is 1. The van der Waals surface area contributed by atoms with E-state index in [1.54, 1.807) is 18.3 Å². The van der Waals surface area contributed by atoms with Gasteiger partial charge < -0.3 is 9.64 Å². The number of halogens is 2. The Morgan fingerprint density at radius 3 is 2.43 bits per heavy atom. The fraction of sp³-hybridized carbons (Fsp3) is 0.455. The Bertz CT molecular complexity index is 865. The lowest BCUT2D eigenvalue weighted by Gasteiger charge is -2.30. The van der Waals surface area contributed by atoms with Gasteiger partial charge in [-0.2, -0.15) is 0 Å². The number of ether oxygens (including phenoxy) is 1. The molecule has 1 saturated carbocycles. The third-order valence-corrected chi connectivity index (χ3v) is 6.60. The van der Waals surface area contributed by atoms with Gasteiger partial charge in [0.15, 0.2) is 0 Å². The van der Waals surface area contributed by atoms with Crippen molar-refractivity contribution in [2.45, 2.75) is 32.6 Å². The van der Waals surface area contributed by atoms with Crippen molar-refractivity contribution in [1.82, 2.24) is 9.88 Å². The Morgan fingerprint density at radius 1 is 1.14 bits per heavy atom. The maximum atomic E-state index is 13.0. The second-order valence-corrected chi connectivity index (χ2v) is 9.48. The van der Waals surface area contributed by atoms with E-state index >= 15 is 0 Å². The molecule has 0 radical (unpaired) electrons. The summed E-state index contributed by atoms with van der Waals surface area (Å²) in [6, 6.07) is 11.5. The lowest BCUT2D eigenvalue weighted by molar-refractivity contribution is -0.135. The molecule has 2 aromatic rings. The Kier molecular flexibility index (Phi) is 5.05. The largest absolute Gasteiger partial charge is 0.477 e. The summed E-state index contributed by atoms with van der Waals surface area (Å²) in [6.45, 7) is 6.09. The van der Waals surface area contributed by atoms with Gasteiger partial charge in [-0.1, -0.05) is 49.2 Å². The van der Waals surface area contributed by atoms with Crippen LogP contribution in [0.5, 0.6) is 5.88 Å². The van der Waals surface area contributed by atoms with E-state index in [-0.39, 0.29) is 22.7 Å². The highest BCUT2D eigenvalue weighted by molar-refractivity contribution is 6.30. The van der Waals surface area contributed by atoms with E-state index < -0.39 is 0 Å². The molecule has 0 spiro atoms. The molecular weight excluding hydrogens is 395 g/mol. The van der Waals surface area contributed by atoms with Crippen molar-refractivity contribution in [3.63, 3.8) is 0 Å². The summed E-state index contributed by atoms with van der Waals surface area (Å²) in [5.41, 5.74) is 0.778. The van der Waals surface area contributed by atoms with Crippen molar-refractivity contribution < 1.29 is 9.53 Å². The number of hydrogen-bond acceptors (Lipinski definition) is 3. The lowest BCUT2D eigenvalue weighted by Crippen LogP contribution is -2.37. The smallest absolute Gasteiger partial charge is 0.228 e. The predicted octanol–water partition coefficient (Wildman–Crippen LogP) is 5.20. The van der Waals surface area contributed by atoms with Gasteiger partial charge >= 0.3 is 0 Å². The number of benzene rings is 1. The molecule has 2 heterocycles. The number of carbonyl (C=O) groups is 1. The van der Waals surface area contributed by atoms with Crippen molar-refractivity contribution in [2.75, 3.05) is 19.7 Å². The summed E-state index contributed by atoms with van der Waals surface area (Å²) in [5, 5.41) is 1.29. The lowest BCUT2D eigenvalue weighted by atomic mass is 9.77. The Morgan fingerprint density at radius 2 is 1.82 bits per heavy atom. The van der Waals surface area contributed by atoms with Crippen LogP contribution in [0.4, 0.5) is 0 Å². The summed E-state index contributed by atoms with van der Waals surface area (Å²) in [7, 11) is 0. The molecule has 0 N–H and O–H groups in total. The second-order valence-electron chi connectivity index (χ2n) is 8.61. The van der Waals surface area contributed by atoms with Crippen LogP contribution >= 0.6 is 23.2 Å². The topological polar surface area (TPSA) is 42.4 Å². The van der Waals surface area contributed by atoms with Crippen LogP contribution in [0.25, 0.3) is 0 Å². The van der Waals surface area contributed by atoms with Gasteiger partial charge in [0.05, 0.1) is 11.6 Å². The summed E-state index contributed by atoms with van der Waals surface area (Å²) in [4.78, 5) is 19.2. The molecule has 4 nitrogen and oxygen atoms in total. The van der Waals surface area contributed by atoms with E-state index in [4.69, 9.17) is 27.9 Å². The molecule has 2 aliphatic rings. The summed E-state index contributed by atoms with van der Waals surface area (Å²) >= 11 is 12.0. The fourth-order valence-corrected chi connectivity index (χ4v) is 4.26. The van der Waals surface area contributed by atoms with Crippen LogP contribution in [0.1, 0.15) is 38.2 Å². The Labute approximate surface area is 175 Å². The number of pyridine rings is 1. The highest BCUT2D eigenvalue weighted by Crippen LogP contribution is 2.50. The summed E-state index contributed by atoms with van der Waals surface area (Å²) in [6.07, 6.45) is 3.54. The van der Waals surface area contributed by atoms with Crippen LogP contribution < -0.4 is 4.74 Å². The van der Waals surface area contributed by atoms with E-state index in [2.05, 4.69) is 31.0 Å². The van der Waals surface area contributed by atoms with Crippen LogP contribution in [0.15, 0.2) is 42.6 Å². The Balaban J connectivity index is 1.57. The average Bonchev–Trinajstić information content (AvgIpc) is 3.34. The molecule has 1 aliphatic heterocycles. The van der Waals surface area contributed by atoms with Gasteiger partial charge in [-0.05, 0) is 36.6 Å². The molecule has 1 saturated heterocycles. The van der Waals surface area contributed by atoms with Crippen molar-refractivity contribution in [3.05, 3.63) is 58.2 Å². The molecule has 6 heteroatoms. The van der Waals surface area contributed by atoms with Crippen molar-refractivity contribution in [2.24, 2.45) is 10.8 Å². The molecule has 1 aromatic carbocycles. The van der Waals surface area contributed by atoms with Crippen LogP contribution in [-0.4, -0.2) is 35.5 Å². The van der Waals surface area contributed by atoms with Gasteiger partial charge in [0.25, 0.3) is 0 Å². The fourth-order valence-electron chi connectivity index (χ4n) is 4.02. The zero-order chi connectivity index (χ0) is 19.9. The molecule has 1 amide bonds. The molecule has 2 fully saturated rings. The number of nitrogens with zero attached hydrogens (tertiary/aromatic N) is 2. The first kappa shape index (κ1) is 19.5. The van der Waals surface area contributed by atoms with E-state index in [1.807, 2.05) is 17.0 Å². The van der Waals surface area contributed by atoms with Gasteiger partial charge in [0.1, 0.15) is 0 Å². The second kappa shape index (κ2) is 7.23. The van der Waals surface area contributed by atoms with Crippen LogP contribution in [0.3, 0.4) is 0 Å². The minimum Gasteiger partial charge on any atom is -0.477 e. The first-order chi connectivity index (χ1) is 13.3. The van der Waals surface area contributed by atoms with Crippen molar-refractivity contribution >= 4 is 29.1 Å². The molecule has 28 heavy (non-hydrogen) atoms. The molecule has 1 aromatic heterocycles. The first-order valence-electron chi connectivity index (χ1n) is 9.58. The molecule has 148 valence electrons. The number of hydrogen-bond donors (Lipinski definition) is 0. The molecule has 2 unspecified atom stereocenters. The highest BCUT2D eigenvalue weighted by Gasteiger charge is 2.53. The van der Waals surface area contributed by atoms with E-state index in [0.29, 0.717) is 35.6 Å². The van der Waals surface area contributed by atoms with E-state index in [9.17, 15) is 4.79 Å². The van der Waals surface area contributed by atoms with Crippen LogP contribution in [0, 0.1) is 10.8 Å². The van der Waals surface area contributed by atoms with Crippen LogP contribution in [-0.2, 0) is 4.79 Å². The zero-order valence-electron chi connectivity index (χ0n) is 16.1.